The molecule has 0 saturated carbocycles. The topological polar surface area (TPSA) is 74.7 Å². The minimum absolute atomic E-state index is 0.123. The Hall–Kier alpha value is -1.40. The van der Waals surface area contributed by atoms with Gasteiger partial charge in [-0.2, -0.15) is 0 Å². The summed E-state index contributed by atoms with van der Waals surface area (Å²) in [4.78, 5) is 10.8. The zero-order valence-corrected chi connectivity index (χ0v) is 12.3. The van der Waals surface area contributed by atoms with E-state index in [1.54, 1.807) is 35.5 Å². The monoisotopic (exact) mass is 297 g/mol. The molecule has 1 N–H and O–H groups in total. The summed E-state index contributed by atoms with van der Waals surface area (Å²) >= 11 is 0. The highest BCUT2D eigenvalue weighted by molar-refractivity contribution is 7.89. The summed E-state index contributed by atoms with van der Waals surface area (Å²) in [5.74, 6) is -0.680. The molecule has 0 aliphatic carbocycles. The van der Waals surface area contributed by atoms with Gasteiger partial charge in [-0.1, -0.05) is 12.1 Å². The highest BCUT2D eigenvalue weighted by Crippen LogP contribution is 2.28. The number of hydrogen-bond acceptors (Lipinski definition) is 3. The Morgan fingerprint density at radius 1 is 1.35 bits per heavy atom. The molecule has 0 spiro atoms. The van der Waals surface area contributed by atoms with Crippen molar-refractivity contribution < 1.29 is 18.3 Å². The van der Waals surface area contributed by atoms with Crippen molar-refractivity contribution in [2.45, 2.75) is 25.7 Å². The van der Waals surface area contributed by atoms with Crippen LogP contribution in [0.5, 0.6) is 0 Å². The summed E-state index contributed by atoms with van der Waals surface area (Å²) < 4.78 is 25.4. The smallest absolute Gasteiger partial charge is 0.335 e. The first-order valence-corrected chi connectivity index (χ1v) is 8.36. The van der Waals surface area contributed by atoms with Gasteiger partial charge in [0.05, 0.1) is 11.3 Å². The van der Waals surface area contributed by atoms with E-state index in [4.69, 9.17) is 5.11 Å². The second kappa shape index (κ2) is 5.93. The molecule has 1 heterocycles. The third kappa shape index (κ3) is 3.19. The van der Waals surface area contributed by atoms with E-state index in [1.165, 1.54) is 0 Å². The van der Waals surface area contributed by atoms with Gasteiger partial charge in [0.1, 0.15) is 0 Å². The highest BCUT2D eigenvalue weighted by Gasteiger charge is 2.28. The molecule has 0 aromatic heterocycles. The first kappa shape index (κ1) is 15.0. The number of piperidine rings is 1. The second-order valence-electron chi connectivity index (χ2n) is 5.02. The maximum Gasteiger partial charge on any atom is 0.335 e. The number of hydrogen-bond donors (Lipinski definition) is 1. The Kier molecular flexibility index (Phi) is 4.45. The van der Waals surface area contributed by atoms with Crippen LogP contribution in [-0.4, -0.2) is 42.6 Å². The molecule has 1 atom stereocenters. The quantitative estimate of drug-likeness (QED) is 0.921. The first-order valence-electron chi connectivity index (χ1n) is 6.75. The number of carbonyl (C=O) groups is 1. The van der Waals surface area contributed by atoms with Gasteiger partial charge in [0.25, 0.3) is 0 Å². The normalized spacial score (nSPS) is 20.8. The molecule has 110 valence electrons. The maximum atomic E-state index is 11.9. The molecule has 1 aliphatic heterocycles. The van der Waals surface area contributed by atoms with Gasteiger partial charge in [0.2, 0.25) is 10.0 Å². The van der Waals surface area contributed by atoms with Crippen LogP contribution in [0.4, 0.5) is 0 Å². The Morgan fingerprint density at radius 2 is 2.00 bits per heavy atom. The van der Waals surface area contributed by atoms with Crippen LogP contribution >= 0.6 is 0 Å². The molecule has 6 heteroatoms. The van der Waals surface area contributed by atoms with Gasteiger partial charge in [-0.05, 0) is 43.4 Å². The van der Waals surface area contributed by atoms with E-state index in [1.807, 2.05) is 0 Å². The van der Waals surface area contributed by atoms with Crippen molar-refractivity contribution in [3.05, 3.63) is 35.4 Å². The molecule has 1 aliphatic rings. The highest BCUT2D eigenvalue weighted by atomic mass is 32.2. The van der Waals surface area contributed by atoms with Gasteiger partial charge in [-0.25, -0.2) is 17.5 Å². The van der Waals surface area contributed by atoms with Crippen LogP contribution in [0, 0.1) is 0 Å². The Labute approximate surface area is 119 Å². The number of aromatic carboxylic acids is 1. The van der Waals surface area contributed by atoms with Gasteiger partial charge >= 0.3 is 5.97 Å². The maximum absolute atomic E-state index is 11.9. The molecule has 0 radical (unpaired) electrons. The van der Waals surface area contributed by atoms with Crippen molar-refractivity contribution in [2.24, 2.45) is 0 Å². The van der Waals surface area contributed by atoms with Crippen LogP contribution in [0.3, 0.4) is 0 Å². The predicted octanol–water partition coefficient (Wildman–Crippen LogP) is 1.91. The molecule has 1 aromatic rings. The summed E-state index contributed by atoms with van der Waals surface area (Å²) in [6.45, 7) is 2.73. The van der Waals surface area contributed by atoms with Crippen molar-refractivity contribution >= 4 is 16.0 Å². The van der Waals surface area contributed by atoms with E-state index in [2.05, 4.69) is 0 Å². The Bertz CT molecular complexity index is 580. The van der Waals surface area contributed by atoms with Gasteiger partial charge in [0, 0.05) is 13.1 Å². The van der Waals surface area contributed by atoms with Gasteiger partial charge < -0.3 is 5.11 Å². The van der Waals surface area contributed by atoms with E-state index in [-0.39, 0.29) is 17.2 Å². The van der Waals surface area contributed by atoms with Crippen molar-refractivity contribution in [3.63, 3.8) is 0 Å². The van der Waals surface area contributed by atoms with E-state index in [9.17, 15) is 13.2 Å². The Morgan fingerprint density at radius 3 is 2.55 bits per heavy atom. The number of carboxylic acid groups (broad SMARTS) is 1. The van der Waals surface area contributed by atoms with Gasteiger partial charge in [-0.15, -0.1) is 0 Å². The molecular weight excluding hydrogens is 278 g/mol. The molecule has 0 amide bonds. The first-order chi connectivity index (χ1) is 9.44. The van der Waals surface area contributed by atoms with Crippen molar-refractivity contribution in [2.75, 3.05) is 18.8 Å². The molecule has 0 unspecified atom stereocenters. The fraction of sp³-hybridized carbons (Fsp3) is 0.500. The van der Waals surface area contributed by atoms with Gasteiger partial charge in [0.15, 0.2) is 0 Å². The molecule has 0 bridgehead atoms. The van der Waals surface area contributed by atoms with Crippen molar-refractivity contribution in [1.82, 2.24) is 4.31 Å². The average molecular weight is 297 g/mol. The summed E-state index contributed by atoms with van der Waals surface area (Å²) in [5, 5.41) is 8.88. The standard InChI is InChI=1S/C14H19NO4S/c1-2-20(18,19)15-9-3-4-13(10-15)11-5-7-12(8-6-11)14(16)17/h5-8,13H,2-4,9-10H2,1H3,(H,16,17)/t13-/m0/s1. The minimum Gasteiger partial charge on any atom is -0.478 e. The van der Waals surface area contributed by atoms with Crippen LogP contribution in [0.25, 0.3) is 0 Å². The molecular formula is C14H19NO4S. The van der Waals surface area contributed by atoms with E-state index in [0.717, 1.165) is 18.4 Å². The summed E-state index contributed by atoms with van der Waals surface area (Å²) in [6, 6.07) is 6.72. The molecule has 1 saturated heterocycles. The summed E-state index contributed by atoms with van der Waals surface area (Å²) in [5.41, 5.74) is 1.26. The van der Waals surface area contributed by atoms with E-state index in [0.29, 0.717) is 13.1 Å². The van der Waals surface area contributed by atoms with E-state index < -0.39 is 16.0 Å². The predicted molar refractivity (Wildman–Crippen MR) is 76.4 cm³/mol. The molecule has 1 fully saturated rings. The second-order valence-corrected chi connectivity index (χ2v) is 7.28. The summed E-state index contributed by atoms with van der Waals surface area (Å²) in [6.07, 6.45) is 1.77. The lowest BCUT2D eigenvalue weighted by molar-refractivity contribution is 0.0697. The molecule has 5 nitrogen and oxygen atoms in total. The van der Waals surface area contributed by atoms with Crippen LogP contribution in [0.15, 0.2) is 24.3 Å². The third-order valence-corrected chi connectivity index (χ3v) is 5.62. The third-order valence-electron chi connectivity index (χ3n) is 3.77. The molecule has 2 rings (SSSR count). The van der Waals surface area contributed by atoms with Crippen LogP contribution in [0.2, 0.25) is 0 Å². The van der Waals surface area contributed by atoms with Crippen LogP contribution in [-0.2, 0) is 10.0 Å². The number of rotatable bonds is 4. The van der Waals surface area contributed by atoms with E-state index >= 15 is 0 Å². The van der Waals surface area contributed by atoms with Gasteiger partial charge in [-0.3, -0.25) is 0 Å². The number of sulfonamides is 1. The average Bonchev–Trinajstić information content (AvgIpc) is 2.47. The largest absolute Gasteiger partial charge is 0.478 e. The zero-order chi connectivity index (χ0) is 14.8. The Balaban J connectivity index is 2.15. The van der Waals surface area contributed by atoms with Crippen molar-refractivity contribution in [1.29, 1.82) is 0 Å². The lowest BCUT2D eigenvalue weighted by Crippen LogP contribution is -2.39. The fourth-order valence-corrected chi connectivity index (χ4v) is 3.73. The molecule has 20 heavy (non-hydrogen) atoms. The number of nitrogens with zero attached hydrogens (tertiary/aromatic N) is 1. The van der Waals surface area contributed by atoms with Crippen LogP contribution < -0.4 is 0 Å². The fourth-order valence-electron chi connectivity index (χ4n) is 2.55. The summed E-state index contributed by atoms with van der Waals surface area (Å²) in [7, 11) is -3.14. The number of benzene rings is 1. The minimum atomic E-state index is -3.14. The SMILES string of the molecule is CCS(=O)(=O)N1CCC[C@H](c2ccc(C(=O)O)cc2)C1. The number of carboxylic acids is 1. The lowest BCUT2D eigenvalue weighted by Gasteiger charge is -2.32. The zero-order valence-electron chi connectivity index (χ0n) is 11.4. The van der Waals surface area contributed by atoms with Crippen molar-refractivity contribution in [3.8, 4) is 0 Å². The lowest BCUT2D eigenvalue weighted by atomic mass is 9.91. The molecule has 1 aromatic carbocycles. The van der Waals surface area contributed by atoms with Crippen LogP contribution in [0.1, 0.15) is 41.6 Å².